The van der Waals surface area contributed by atoms with E-state index >= 15 is 0 Å². The van der Waals surface area contributed by atoms with E-state index in [9.17, 15) is 8.42 Å². The van der Waals surface area contributed by atoms with Crippen LogP contribution in [0.25, 0.3) is 0 Å². The van der Waals surface area contributed by atoms with Crippen LogP contribution in [0.3, 0.4) is 0 Å². The van der Waals surface area contributed by atoms with E-state index < -0.39 is 9.84 Å². The molecule has 0 saturated heterocycles. The minimum Gasteiger partial charge on any atom is -0.219 e. The van der Waals surface area contributed by atoms with Crippen molar-refractivity contribution in [2.24, 2.45) is 0 Å². The van der Waals surface area contributed by atoms with Gasteiger partial charge in [-0.05, 0) is 32.9 Å². The Morgan fingerprint density at radius 2 is 1.64 bits per heavy atom. The minimum atomic E-state index is -3.37. The monoisotopic (exact) mass is 209 g/mol. The van der Waals surface area contributed by atoms with Crippen LogP contribution in [0.1, 0.15) is 13.8 Å². The summed E-state index contributed by atoms with van der Waals surface area (Å²) in [6.07, 6.45) is 0. The normalized spacial score (nSPS) is 11.1. The molecule has 0 aliphatic carbocycles. The van der Waals surface area contributed by atoms with Crippen LogP contribution in [-0.2, 0) is 9.84 Å². The van der Waals surface area contributed by atoms with Crippen LogP contribution in [0.15, 0.2) is 45.7 Å². The maximum Gasteiger partial charge on any atom is 0.202 e. The van der Waals surface area contributed by atoms with Crippen LogP contribution in [0.2, 0.25) is 0 Å². The Balaban J connectivity index is 3.31. The van der Waals surface area contributed by atoms with Crippen molar-refractivity contribution in [2.75, 3.05) is 0 Å². The molecule has 0 atom stereocenters. The van der Waals surface area contributed by atoms with Crippen molar-refractivity contribution < 1.29 is 8.42 Å². The van der Waals surface area contributed by atoms with E-state index in [2.05, 4.69) is 6.92 Å². The van der Waals surface area contributed by atoms with Gasteiger partial charge in [0.1, 0.15) is 0 Å². The smallest absolute Gasteiger partial charge is 0.202 e. The van der Waals surface area contributed by atoms with Crippen molar-refractivity contribution in [3.05, 3.63) is 47.7 Å². The van der Waals surface area contributed by atoms with Crippen molar-refractivity contribution in [1.82, 2.24) is 0 Å². The molecule has 1 radical (unpaired) electrons. The molecule has 3 heteroatoms. The standard InChI is InChI=1S/C11H13O2S/c1-9(2)10(3)14(12,13)11-7-5-4-6-8-11/h4-8H,3H2,1-2H3. The third-order valence-corrected chi connectivity index (χ3v) is 3.89. The van der Waals surface area contributed by atoms with Crippen LogP contribution in [0, 0.1) is 6.92 Å². The van der Waals surface area contributed by atoms with Gasteiger partial charge in [0.2, 0.25) is 9.84 Å². The summed E-state index contributed by atoms with van der Waals surface area (Å²) in [6, 6.07) is 8.33. The van der Waals surface area contributed by atoms with E-state index in [4.69, 9.17) is 0 Å². The molecule has 0 N–H and O–H groups in total. The quantitative estimate of drug-likeness (QED) is 0.750. The highest BCUT2D eigenvalue weighted by molar-refractivity contribution is 7.95. The van der Waals surface area contributed by atoms with Gasteiger partial charge in [-0.15, -0.1) is 0 Å². The maximum atomic E-state index is 11.9. The lowest BCUT2D eigenvalue weighted by Crippen LogP contribution is -2.03. The lowest BCUT2D eigenvalue weighted by atomic mass is 10.3. The molecule has 0 aliphatic rings. The Bertz CT molecular complexity index is 437. The Hall–Kier alpha value is -1.09. The Kier molecular flexibility index (Phi) is 3.11. The molecule has 0 aromatic heterocycles. The second-order valence-electron chi connectivity index (χ2n) is 3.24. The van der Waals surface area contributed by atoms with E-state index in [1.54, 1.807) is 44.2 Å². The van der Waals surface area contributed by atoms with Gasteiger partial charge in [-0.25, -0.2) is 8.42 Å². The molecular formula is C11H13O2S. The summed E-state index contributed by atoms with van der Waals surface area (Å²) >= 11 is 0. The molecule has 1 aromatic carbocycles. The molecule has 14 heavy (non-hydrogen) atoms. The summed E-state index contributed by atoms with van der Waals surface area (Å²) in [5.74, 6) is 0. The zero-order valence-electron chi connectivity index (χ0n) is 8.32. The molecule has 0 aliphatic heterocycles. The number of hydrogen-bond donors (Lipinski definition) is 0. The average molecular weight is 209 g/mol. The summed E-state index contributed by atoms with van der Waals surface area (Å²) in [6.45, 7) is 7.06. The number of sulfone groups is 1. The predicted molar refractivity (Wildman–Crippen MR) is 57.4 cm³/mol. The van der Waals surface area contributed by atoms with Gasteiger partial charge in [-0.1, -0.05) is 23.8 Å². The zero-order valence-corrected chi connectivity index (χ0v) is 9.14. The van der Waals surface area contributed by atoms with Gasteiger partial charge in [-0.2, -0.15) is 0 Å². The van der Waals surface area contributed by atoms with Crippen LogP contribution < -0.4 is 0 Å². The maximum absolute atomic E-state index is 11.9. The van der Waals surface area contributed by atoms with Gasteiger partial charge in [-0.3, -0.25) is 0 Å². The van der Waals surface area contributed by atoms with Crippen LogP contribution >= 0.6 is 0 Å². The Morgan fingerprint density at radius 1 is 1.14 bits per heavy atom. The molecule has 1 aromatic rings. The molecule has 1 rings (SSSR count). The molecule has 0 fully saturated rings. The molecule has 2 nitrogen and oxygen atoms in total. The molecule has 0 amide bonds. The van der Waals surface area contributed by atoms with Gasteiger partial charge < -0.3 is 0 Å². The van der Waals surface area contributed by atoms with Crippen molar-refractivity contribution in [1.29, 1.82) is 0 Å². The van der Waals surface area contributed by atoms with Crippen molar-refractivity contribution in [2.45, 2.75) is 18.7 Å². The molecule has 0 unspecified atom stereocenters. The minimum absolute atomic E-state index is 0.184. The summed E-state index contributed by atoms with van der Waals surface area (Å²) in [5.41, 5.74) is 0.717. The first-order valence-electron chi connectivity index (χ1n) is 4.26. The van der Waals surface area contributed by atoms with Crippen LogP contribution in [-0.4, -0.2) is 8.42 Å². The number of rotatable bonds is 2. The van der Waals surface area contributed by atoms with Gasteiger partial charge in [0.05, 0.1) is 4.90 Å². The number of allylic oxidation sites excluding steroid dienone is 2. The van der Waals surface area contributed by atoms with Gasteiger partial charge in [0.25, 0.3) is 0 Å². The summed E-state index contributed by atoms with van der Waals surface area (Å²) in [7, 11) is -3.37. The summed E-state index contributed by atoms with van der Waals surface area (Å²) < 4.78 is 23.7. The van der Waals surface area contributed by atoms with E-state index in [-0.39, 0.29) is 4.91 Å². The number of hydrogen-bond acceptors (Lipinski definition) is 2. The fraction of sp³-hybridized carbons (Fsp3) is 0.182. The third kappa shape index (κ3) is 2.04. The molecule has 0 heterocycles. The summed E-state index contributed by atoms with van der Waals surface area (Å²) in [5, 5.41) is 0. The van der Waals surface area contributed by atoms with E-state index in [1.807, 2.05) is 0 Å². The van der Waals surface area contributed by atoms with E-state index in [0.29, 0.717) is 10.5 Å². The molecular weight excluding hydrogens is 196 g/mol. The SMILES string of the molecule is [CH2]C(=C(C)C)S(=O)(=O)c1ccccc1. The largest absolute Gasteiger partial charge is 0.219 e. The highest BCUT2D eigenvalue weighted by atomic mass is 32.2. The summed E-state index contributed by atoms with van der Waals surface area (Å²) in [4.78, 5) is 0.481. The van der Waals surface area contributed by atoms with Crippen LogP contribution in [0.5, 0.6) is 0 Å². The Morgan fingerprint density at radius 3 is 2.07 bits per heavy atom. The second-order valence-corrected chi connectivity index (χ2v) is 5.21. The lowest BCUT2D eigenvalue weighted by Gasteiger charge is -2.05. The van der Waals surface area contributed by atoms with Gasteiger partial charge in [0.15, 0.2) is 0 Å². The van der Waals surface area contributed by atoms with Crippen molar-refractivity contribution >= 4 is 9.84 Å². The number of benzene rings is 1. The fourth-order valence-electron chi connectivity index (χ4n) is 1.01. The first-order chi connectivity index (χ1) is 6.46. The highest BCUT2D eigenvalue weighted by Crippen LogP contribution is 2.20. The first-order valence-corrected chi connectivity index (χ1v) is 5.74. The van der Waals surface area contributed by atoms with Gasteiger partial charge in [0, 0.05) is 4.91 Å². The molecule has 0 saturated carbocycles. The highest BCUT2D eigenvalue weighted by Gasteiger charge is 2.16. The third-order valence-electron chi connectivity index (χ3n) is 1.94. The Labute approximate surface area is 85.2 Å². The van der Waals surface area contributed by atoms with E-state index in [1.165, 1.54) is 0 Å². The molecule has 75 valence electrons. The average Bonchev–Trinajstić information content (AvgIpc) is 2.18. The fourth-order valence-corrected chi connectivity index (χ4v) is 2.35. The van der Waals surface area contributed by atoms with Crippen molar-refractivity contribution in [3.8, 4) is 0 Å². The second kappa shape index (κ2) is 3.96. The van der Waals surface area contributed by atoms with E-state index in [0.717, 1.165) is 0 Å². The lowest BCUT2D eigenvalue weighted by molar-refractivity contribution is 0.602. The molecule has 0 bridgehead atoms. The van der Waals surface area contributed by atoms with Crippen molar-refractivity contribution in [3.63, 3.8) is 0 Å². The first kappa shape index (κ1) is 11.0. The topological polar surface area (TPSA) is 34.1 Å². The predicted octanol–water partition coefficient (Wildman–Crippen LogP) is 2.59. The van der Waals surface area contributed by atoms with Gasteiger partial charge >= 0.3 is 0 Å². The zero-order chi connectivity index (χ0) is 10.8. The van der Waals surface area contributed by atoms with Crippen LogP contribution in [0.4, 0.5) is 0 Å². The molecule has 0 spiro atoms.